The monoisotopic (exact) mass is 484 g/mol. The molecule has 0 atom stereocenters. The van der Waals surface area contributed by atoms with Crippen molar-refractivity contribution in [2.24, 2.45) is 0 Å². The van der Waals surface area contributed by atoms with Gasteiger partial charge in [0.15, 0.2) is 0 Å². The van der Waals surface area contributed by atoms with Gasteiger partial charge < -0.3 is 15.4 Å². The van der Waals surface area contributed by atoms with Crippen LogP contribution in [0.2, 0.25) is 5.02 Å². The normalized spacial score (nSPS) is 10.6. The number of esters is 1. The van der Waals surface area contributed by atoms with E-state index in [0.29, 0.717) is 21.2 Å². The number of benzene rings is 2. The Labute approximate surface area is 201 Å². The molecular formula is C25H25ClN2O4S. The first kappa shape index (κ1) is 24.5. The van der Waals surface area contributed by atoms with Crippen LogP contribution in [0.15, 0.2) is 42.5 Å². The predicted octanol–water partition coefficient (Wildman–Crippen LogP) is 5.94. The Bertz CT molecular complexity index is 1200. The molecule has 2 amide bonds. The first-order valence-corrected chi connectivity index (χ1v) is 11.6. The molecule has 3 rings (SSSR count). The lowest BCUT2D eigenvalue weighted by Crippen LogP contribution is -2.16. The summed E-state index contributed by atoms with van der Waals surface area (Å²) in [6.07, 6.45) is 0.0977. The minimum atomic E-state index is -0.585. The second-order valence-corrected chi connectivity index (χ2v) is 9.06. The van der Waals surface area contributed by atoms with E-state index in [1.165, 1.54) is 0 Å². The number of hydrogen-bond donors (Lipinski definition) is 2. The standard InChI is InChI=1S/C25H25ClN2O4S/c1-5-32-25(31)21-16(4)22(23(30)27-19-11-6-14(2)12-15(19)3)33-24(21)28-20(29)13-17-7-9-18(26)10-8-17/h6-12H,5,13H2,1-4H3,(H,27,30)(H,28,29). The van der Waals surface area contributed by atoms with Crippen LogP contribution in [0.5, 0.6) is 0 Å². The van der Waals surface area contributed by atoms with Crippen LogP contribution in [-0.2, 0) is 16.0 Å². The number of hydrogen-bond acceptors (Lipinski definition) is 5. The van der Waals surface area contributed by atoms with Crippen molar-refractivity contribution >= 4 is 51.4 Å². The molecule has 33 heavy (non-hydrogen) atoms. The molecular weight excluding hydrogens is 460 g/mol. The van der Waals surface area contributed by atoms with E-state index in [1.54, 1.807) is 38.1 Å². The summed E-state index contributed by atoms with van der Waals surface area (Å²) < 4.78 is 5.18. The van der Waals surface area contributed by atoms with Crippen molar-refractivity contribution in [3.8, 4) is 0 Å². The highest BCUT2D eigenvalue weighted by atomic mass is 35.5. The quantitative estimate of drug-likeness (QED) is 0.406. The molecule has 0 radical (unpaired) electrons. The van der Waals surface area contributed by atoms with Gasteiger partial charge in [0, 0.05) is 10.7 Å². The van der Waals surface area contributed by atoms with Gasteiger partial charge in [-0.25, -0.2) is 4.79 Å². The highest BCUT2D eigenvalue weighted by Gasteiger charge is 2.27. The minimum Gasteiger partial charge on any atom is -0.462 e. The summed E-state index contributed by atoms with van der Waals surface area (Å²) in [5.74, 6) is -1.25. The fourth-order valence-electron chi connectivity index (χ4n) is 3.36. The molecule has 6 nitrogen and oxygen atoms in total. The second-order valence-electron chi connectivity index (χ2n) is 7.60. The molecule has 0 fully saturated rings. The average Bonchev–Trinajstić information content (AvgIpc) is 3.07. The summed E-state index contributed by atoms with van der Waals surface area (Å²) >= 11 is 6.95. The van der Waals surface area contributed by atoms with E-state index in [4.69, 9.17) is 16.3 Å². The van der Waals surface area contributed by atoms with Crippen molar-refractivity contribution in [2.75, 3.05) is 17.2 Å². The van der Waals surface area contributed by atoms with Crippen molar-refractivity contribution in [3.05, 3.63) is 80.2 Å². The molecule has 0 aliphatic rings. The summed E-state index contributed by atoms with van der Waals surface area (Å²) in [6, 6.07) is 12.7. The zero-order valence-electron chi connectivity index (χ0n) is 18.9. The molecule has 3 aromatic rings. The van der Waals surface area contributed by atoms with Gasteiger partial charge in [0.2, 0.25) is 5.91 Å². The van der Waals surface area contributed by atoms with Crippen molar-refractivity contribution in [1.29, 1.82) is 0 Å². The van der Waals surface area contributed by atoms with E-state index in [1.807, 2.05) is 32.0 Å². The molecule has 0 saturated carbocycles. The molecule has 2 N–H and O–H groups in total. The van der Waals surface area contributed by atoms with E-state index >= 15 is 0 Å². The van der Waals surface area contributed by atoms with Crippen molar-refractivity contribution < 1.29 is 19.1 Å². The number of anilines is 2. The van der Waals surface area contributed by atoms with Gasteiger partial charge in [-0.05, 0) is 62.6 Å². The molecule has 1 aromatic heterocycles. The third-order valence-corrected chi connectivity index (χ3v) is 6.45. The average molecular weight is 485 g/mol. The maximum atomic E-state index is 13.0. The van der Waals surface area contributed by atoms with Crippen LogP contribution in [0.3, 0.4) is 0 Å². The number of carbonyl (C=O) groups is 3. The van der Waals surface area contributed by atoms with Crippen LogP contribution >= 0.6 is 22.9 Å². The van der Waals surface area contributed by atoms with E-state index in [0.717, 1.165) is 28.0 Å². The molecule has 0 bridgehead atoms. The van der Waals surface area contributed by atoms with Crippen molar-refractivity contribution in [1.82, 2.24) is 0 Å². The van der Waals surface area contributed by atoms with Crippen LogP contribution in [-0.4, -0.2) is 24.4 Å². The molecule has 172 valence electrons. The van der Waals surface area contributed by atoms with Crippen molar-refractivity contribution in [2.45, 2.75) is 34.1 Å². The summed E-state index contributed by atoms with van der Waals surface area (Å²) in [4.78, 5) is 38.7. The topological polar surface area (TPSA) is 84.5 Å². The Morgan fingerprint density at radius 3 is 2.33 bits per heavy atom. The van der Waals surface area contributed by atoms with Gasteiger partial charge in [-0.3, -0.25) is 9.59 Å². The van der Waals surface area contributed by atoms with Gasteiger partial charge in [0.25, 0.3) is 5.91 Å². The molecule has 0 aliphatic carbocycles. The lowest BCUT2D eigenvalue weighted by atomic mass is 10.1. The fourth-order valence-corrected chi connectivity index (χ4v) is 4.59. The predicted molar refractivity (Wildman–Crippen MR) is 133 cm³/mol. The Morgan fingerprint density at radius 2 is 1.70 bits per heavy atom. The van der Waals surface area contributed by atoms with Gasteiger partial charge >= 0.3 is 5.97 Å². The van der Waals surface area contributed by atoms with E-state index in [9.17, 15) is 14.4 Å². The summed E-state index contributed by atoms with van der Waals surface area (Å²) in [5, 5.41) is 6.54. The molecule has 0 spiro atoms. The molecule has 0 unspecified atom stereocenters. The smallest absolute Gasteiger partial charge is 0.341 e. The Morgan fingerprint density at radius 1 is 1.00 bits per heavy atom. The molecule has 8 heteroatoms. The van der Waals surface area contributed by atoms with E-state index in [-0.39, 0.29) is 35.4 Å². The maximum absolute atomic E-state index is 13.0. The third-order valence-electron chi connectivity index (χ3n) is 4.99. The van der Waals surface area contributed by atoms with Gasteiger partial charge in [-0.15, -0.1) is 11.3 Å². The first-order valence-electron chi connectivity index (χ1n) is 10.4. The van der Waals surface area contributed by atoms with Crippen molar-refractivity contribution in [3.63, 3.8) is 0 Å². The second kappa shape index (κ2) is 10.6. The molecule has 0 aliphatic heterocycles. The van der Waals surface area contributed by atoms with Gasteiger partial charge in [-0.2, -0.15) is 0 Å². The number of carbonyl (C=O) groups excluding carboxylic acids is 3. The fraction of sp³-hybridized carbons (Fsp3) is 0.240. The summed E-state index contributed by atoms with van der Waals surface area (Å²) in [7, 11) is 0. The first-order chi connectivity index (χ1) is 15.7. The van der Waals surface area contributed by atoms with Gasteiger partial charge in [-0.1, -0.05) is 41.4 Å². The van der Waals surface area contributed by atoms with Crippen LogP contribution in [0.1, 0.15) is 49.2 Å². The highest BCUT2D eigenvalue weighted by molar-refractivity contribution is 7.19. The molecule has 0 saturated heterocycles. The number of ether oxygens (including phenoxy) is 1. The summed E-state index contributed by atoms with van der Waals surface area (Å²) in [6.45, 7) is 7.44. The zero-order chi connectivity index (χ0) is 24.1. The van der Waals surface area contributed by atoms with Gasteiger partial charge in [0.05, 0.1) is 23.5 Å². The van der Waals surface area contributed by atoms with Crippen LogP contribution < -0.4 is 10.6 Å². The number of thiophene rings is 1. The zero-order valence-corrected chi connectivity index (χ0v) is 20.4. The molecule has 1 heterocycles. The SMILES string of the molecule is CCOC(=O)c1c(NC(=O)Cc2ccc(Cl)cc2)sc(C(=O)Nc2ccc(C)cc2C)c1C. The Kier molecular flexibility index (Phi) is 7.89. The van der Waals surface area contributed by atoms with Crippen LogP contribution in [0.4, 0.5) is 10.7 Å². The van der Waals surface area contributed by atoms with Crippen LogP contribution in [0.25, 0.3) is 0 Å². The highest BCUT2D eigenvalue weighted by Crippen LogP contribution is 2.34. The number of nitrogens with one attached hydrogen (secondary N) is 2. The minimum absolute atomic E-state index is 0.0977. The number of halogens is 1. The largest absolute Gasteiger partial charge is 0.462 e. The number of rotatable bonds is 7. The number of aryl methyl sites for hydroxylation is 2. The van der Waals surface area contributed by atoms with E-state index in [2.05, 4.69) is 10.6 Å². The van der Waals surface area contributed by atoms with E-state index < -0.39 is 5.97 Å². The maximum Gasteiger partial charge on any atom is 0.341 e. The Balaban J connectivity index is 1.88. The summed E-state index contributed by atoms with van der Waals surface area (Å²) in [5.41, 5.74) is 4.13. The number of amides is 2. The lowest BCUT2D eigenvalue weighted by Gasteiger charge is -2.09. The van der Waals surface area contributed by atoms with Gasteiger partial charge in [0.1, 0.15) is 5.00 Å². The third kappa shape index (κ3) is 6.00. The van der Waals surface area contributed by atoms with Crippen LogP contribution in [0, 0.1) is 20.8 Å². The Hall–Kier alpha value is -3.16. The lowest BCUT2D eigenvalue weighted by molar-refractivity contribution is -0.115. The molecule has 2 aromatic carbocycles.